The fraction of sp³-hybridized carbons (Fsp3) is 0. The number of hydrogen-bond acceptors (Lipinski definition) is 5. The molecule has 8 aromatic rings. The standard InChI is InChI=1S/C37H23N5O/c1-2-16-30-28(13-1)29-15-8-22-39-36(29)42(30)34-20-19-33-37(40-34)41(31-17-3-4-18-32(31)43-33)26-12-5-10-25(23-26)27-14-6-9-24-11-7-21-38-35(24)27/h1-23H. The van der Waals surface area contributed by atoms with Crippen LogP contribution in [0.25, 0.3) is 49.8 Å². The molecule has 0 N–H and O–H groups in total. The van der Waals surface area contributed by atoms with Crippen molar-refractivity contribution in [2.45, 2.75) is 0 Å². The molecule has 6 heteroatoms. The highest BCUT2D eigenvalue weighted by molar-refractivity contribution is 6.07. The monoisotopic (exact) mass is 553 g/mol. The first-order valence-corrected chi connectivity index (χ1v) is 14.2. The first kappa shape index (κ1) is 23.7. The molecule has 5 heterocycles. The van der Waals surface area contributed by atoms with Gasteiger partial charge in [-0.2, -0.15) is 0 Å². The van der Waals surface area contributed by atoms with E-state index in [1.165, 1.54) is 0 Å². The Bertz CT molecular complexity index is 2300. The largest absolute Gasteiger partial charge is 0.451 e. The minimum absolute atomic E-state index is 0.688. The molecule has 1 aliphatic rings. The molecule has 0 atom stereocenters. The number of para-hydroxylation sites is 4. The van der Waals surface area contributed by atoms with Crippen molar-refractivity contribution in [2.75, 3.05) is 4.90 Å². The summed E-state index contributed by atoms with van der Waals surface area (Å²) in [6, 6.07) is 43.4. The first-order valence-electron chi connectivity index (χ1n) is 14.2. The van der Waals surface area contributed by atoms with E-state index in [1.807, 2.05) is 54.9 Å². The minimum atomic E-state index is 0.688. The number of rotatable bonds is 3. The summed E-state index contributed by atoms with van der Waals surface area (Å²) < 4.78 is 8.54. The highest BCUT2D eigenvalue weighted by Crippen LogP contribution is 2.50. The van der Waals surface area contributed by atoms with Gasteiger partial charge in [0.05, 0.1) is 16.7 Å². The third-order valence-electron chi connectivity index (χ3n) is 8.07. The fourth-order valence-electron chi connectivity index (χ4n) is 6.19. The van der Waals surface area contributed by atoms with Crippen LogP contribution < -0.4 is 9.64 Å². The lowest BCUT2D eigenvalue weighted by Crippen LogP contribution is -2.18. The maximum Gasteiger partial charge on any atom is 0.183 e. The lowest BCUT2D eigenvalue weighted by Gasteiger charge is -2.32. The summed E-state index contributed by atoms with van der Waals surface area (Å²) in [4.78, 5) is 16.9. The van der Waals surface area contributed by atoms with Crippen molar-refractivity contribution in [2.24, 2.45) is 0 Å². The molecule has 0 fully saturated rings. The van der Waals surface area contributed by atoms with E-state index in [0.717, 1.165) is 66.9 Å². The molecule has 202 valence electrons. The SMILES string of the molecule is c1cc(-c2cccc3cccnc23)cc(N2c3ccccc3Oc3ccc(-n4c5ccccc5c5cccnc54)nc32)c1. The zero-order valence-electron chi connectivity index (χ0n) is 22.9. The lowest BCUT2D eigenvalue weighted by molar-refractivity contribution is 0.474. The van der Waals surface area contributed by atoms with Gasteiger partial charge in [-0.25, -0.2) is 9.97 Å². The Morgan fingerprint density at radius 1 is 0.605 bits per heavy atom. The zero-order chi connectivity index (χ0) is 28.3. The molecule has 0 saturated carbocycles. The summed E-state index contributed by atoms with van der Waals surface area (Å²) >= 11 is 0. The fourth-order valence-corrected chi connectivity index (χ4v) is 6.19. The molecule has 43 heavy (non-hydrogen) atoms. The van der Waals surface area contributed by atoms with Crippen LogP contribution in [0.4, 0.5) is 17.2 Å². The molecular formula is C37H23N5O. The number of ether oxygens (including phenoxy) is 1. The van der Waals surface area contributed by atoms with Crippen molar-refractivity contribution < 1.29 is 4.74 Å². The van der Waals surface area contributed by atoms with E-state index < -0.39 is 0 Å². The summed E-state index contributed by atoms with van der Waals surface area (Å²) in [7, 11) is 0. The number of anilines is 3. The van der Waals surface area contributed by atoms with Crippen LogP contribution in [0.3, 0.4) is 0 Å². The summed E-state index contributed by atoms with van der Waals surface area (Å²) in [5.74, 6) is 2.95. The van der Waals surface area contributed by atoms with Crippen molar-refractivity contribution in [3.8, 4) is 28.4 Å². The van der Waals surface area contributed by atoms with Gasteiger partial charge >= 0.3 is 0 Å². The van der Waals surface area contributed by atoms with Crippen LogP contribution in [-0.2, 0) is 0 Å². The van der Waals surface area contributed by atoms with Crippen molar-refractivity contribution in [3.63, 3.8) is 0 Å². The number of fused-ring (bicyclic) bond motifs is 6. The van der Waals surface area contributed by atoms with Crippen LogP contribution in [0.1, 0.15) is 0 Å². The number of aromatic nitrogens is 4. The van der Waals surface area contributed by atoms with E-state index in [-0.39, 0.29) is 0 Å². The molecule has 0 bridgehead atoms. The van der Waals surface area contributed by atoms with Gasteiger partial charge in [0.15, 0.2) is 17.3 Å². The Morgan fingerprint density at radius 3 is 2.42 bits per heavy atom. The zero-order valence-corrected chi connectivity index (χ0v) is 22.9. The molecule has 0 saturated heterocycles. The highest BCUT2D eigenvalue weighted by Gasteiger charge is 2.28. The minimum Gasteiger partial charge on any atom is -0.451 e. The van der Waals surface area contributed by atoms with Crippen LogP contribution in [-0.4, -0.2) is 19.5 Å². The number of pyridine rings is 3. The second-order valence-electron chi connectivity index (χ2n) is 10.6. The molecule has 0 radical (unpaired) electrons. The summed E-state index contributed by atoms with van der Waals surface area (Å²) in [5, 5.41) is 3.34. The average Bonchev–Trinajstić information content (AvgIpc) is 3.41. The third kappa shape index (κ3) is 3.63. The molecule has 1 aliphatic heterocycles. The van der Waals surface area contributed by atoms with Crippen LogP contribution >= 0.6 is 0 Å². The second-order valence-corrected chi connectivity index (χ2v) is 10.6. The van der Waals surface area contributed by atoms with Gasteiger partial charge in [-0.1, -0.05) is 66.7 Å². The molecule has 6 nitrogen and oxygen atoms in total. The van der Waals surface area contributed by atoms with E-state index in [2.05, 4.69) is 94.4 Å². The van der Waals surface area contributed by atoms with Crippen LogP contribution in [0.5, 0.6) is 11.5 Å². The average molecular weight is 554 g/mol. The topological polar surface area (TPSA) is 56.1 Å². The first-order chi connectivity index (χ1) is 21.3. The van der Waals surface area contributed by atoms with Crippen molar-refractivity contribution >= 4 is 50.0 Å². The predicted octanol–water partition coefficient (Wildman–Crippen LogP) is 9.36. The van der Waals surface area contributed by atoms with E-state index in [9.17, 15) is 0 Å². The second kappa shape index (κ2) is 9.26. The predicted molar refractivity (Wildman–Crippen MR) is 172 cm³/mol. The van der Waals surface area contributed by atoms with Crippen molar-refractivity contribution in [1.82, 2.24) is 19.5 Å². The Kier molecular flexibility index (Phi) is 5.10. The molecule has 9 rings (SSSR count). The Balaban J connectivity index is 1.26. The molecule has 0 amide bonds. The van der Waals surface area contributed by atoms with Gasteiger partial charge in [-0.15, -0.1) is 0 Å². The van der Waals surface area contributed by atoms with E-state index >= 15 is 0 Å². The van der Waals surface area contributed by atoms with Crippen LogP contribution in [0.15, 0.2) is 140 Å². The van der Waals surface area contributed by atoms with Gasteiger partial charge in [0, 0.05) is 39.8 Å². The van der Waals surface area contributed by atoms with Gasteiger partial charge in [-0.3, -0.25) is 14.5 Å². The van der Waals surface area contributed by atoms with Gasteiger partial charge < -0.3 is 4.74 Å². The maximum absolute atomic E-state index is 6.41. The number of hydrogen-bond donors (Lipinski definition) is 0. The van der Waals surface area contributed by atoms with Crippen molar-refractivity contribution in [1.29, 1.82) is 0 Å². The van der Waals surface area contributed by atoms with Crippen LogP contribution in [0.2, 0.25) is 0 Å². The molecule has 0 aliphatic carbocycles. The Morgan fingerprint density at radius 2 is 1.42 bits per heavy atom. The summed E-state index contributed by atoms with van der Waals surface area (Å²) in [6.07, 6.45) is 3.68. The lowest BCUT2D eigenvalue weighted by atomic mass is 10.0. The quantitative estimate of drug-likeness (QED) is 0.218. The molecule has 0 spiro atoms. The summed E-state index contributed by atoms with van der Waals surface area (Å²) in [6.45, 7) is 0. The summed E-state index contributed by atoms with van der Waals surface area (Å²) in [5.41, 5.74) is 6.96. The Labute approximate surface area is 247 Å². The van der Waals surface area contributed by atoms with Crippen LogP contribution in [0, 0.1) is 0 Å². The molecular weight excluding hydrogens is 530 g/mol. The maximum atomic E-state index is 6.41. The highest BCUT2D eigenvalue weighted by atomic mass is 16.5. The number of nitrogens with zero attached hydrogens (tertiary/aromatic N) is 5. The van der Waals surface area contributed by atoms with Crippen molar-refractivity contribution in [3.05, 3.63) is 140 Å². The third-order valence-corrected chi connectivity index (χ3v) is 8.07. The van der Waals surface area contributed by atoms with Gasteiger partial charge in [0.2, 0.25) is 0 Å². The molecule has 0 unspecified atom stereocenters. The van der Waals surface area contributed by atoms with E-state index in [0.29, 0.717) is 11.6 Å². The van der Waals surface area contributed by atoms with E-state index in [4.69, 9.17) is 19.7 Å². The van der Waals surface area contributed by atoms with Gasteiger partial charge in [0.25, 0.3) is 0 Å². The van der Waals surface area contributed by atoms with Gasteiger partial charge in [-0.05, 0) is 66.2 Å². The van der Waals surface area contributed by atoms with Gasteiger partial charge in [0.1, 0.15) is 11.5 Å². The van der Waals surface area contributed by atoms with E-state index in [1.54, 1.807) is 0 Å². The Hall–Kier alpha value is -6.01. The molecule has 4 aromatic heterocycles. The normalized spacial score (nSPS) is 12.3. The molecule has 4 aromatic carbocycles. The smallest absolute Gasteiger partial charge is 0.183 e. The number of benzene rings is 4.